The van der Waals surface area contributed by atoms with E-state index in [9.17, 15) is 14.9 Å². The van der Waals surface area contributed by atoms with Crippen LogP contribution in [0.5, 0.6) is 11.5 Å². The molecule has 2 N–H and O–H groups in total. The van der Waals surface area contributed by atoms with Crippen molar-refractivity contribution in [2.75, 3.05) is 31.8 Å². The molecule has 0 saturated carbocycles. The van der Waals surface area contributed by atoms with E-state index in [0.29, 0.717) is 23.2 Å². The van der Waals surface area contributed by atoms with E-state index in [1.807, 2.05) is 13.8 Å². The fourth-order valence-corrected chi connectivity index (χ4v) is 4.01. The molecule has 188 valence electrons. The average Bonchev–Trinajstić information content (AvgIpc) is 3.24. The van der Waals surface area contributed by atoms with Gasteiger partial charge in [0.05, 0.1) is 43.3 Å². The minimum Gasteiger partial charge on any atom is -0.493 e. The van der Waals surface area contributed by atoms with Crippen molar-refractivity contribution in [2.45, 2.75) is 44.9 Å². The van der Waals surface area contributed by atoms with Crippen LogP contribution < -0.4 is 20.1 Å². The second kappa shape index (κ2) is 11.7. The summed E-state index contributed by atoms with van der Waals surface area (Å²) >= 11 is 1.57. The number of thioether (sulfide) groups is 1. The number of anilines is 1. The molecule has 12 nitrogen and oxygen atoms in total. The van der Waals surface area contributed by atoms with Crippen molar-refractivity contribution >= 4 is 40.2 Å². The molecule has 3 aromatic rings. The van der Waals surface area contributed by atoms with Crippen LogP contribution in [0.15, 0.2) is 23.5 Å². The first kappa shape index (κ1) is 26.0. The highest BCUT2D eigenvalue weighted by Crippen LogP contribution is 2.34. The monoisotopic (exact) mass is 503 g/mol. The number of methoxy groups -OCH3 is 2. The zero-order valence-corrected chi connectivity index (χ0v) is 21.1. The van der Waals surface area contributed by atoms with Gasteiger partial charge in [-0.25, -0.2) is 14.6 Å². The molecule has 1 amide bonds. The fraction of sp³-hybridized carbons (Fsp3) is 0.455. The maximum atomic E-state index is 12.8. The SMILES string of the molecule is CCCSc1nc(NC(C)C)c2cnn(CCNC(=O)c3cc(OC)c(OC)cc3[N+](=O)[O-])c2n1. The maximum absolute atomic E-state index is 12.8. The second-order valence-corrected chi connectivity index (χ2v) is 8.91. The quantitative estimate of drug-likeness (QED) is 0.163. The summed E-state index contributed by atoms with van der Waals surface area (Å²) in [7, 11) is 2.76. The number of fused-ring (bicyclic) bond motifs is 1. The Balaban J connectivity index is 1.81. The highest BCUT2D eigenvalue weighted by Gasteiger charge is 2.24. The fourth-order valence-electron chi connectivity index (χ4n) is 3.31. The van der Waals surface area contributed by atoms with Crippen molar-refractivity contribution in [2.24, 2.45) is 0 Å². The molecule has 0 saturated heterocycles. The van der Waals surface area contributed by atoms with Gasteiger partial charge in [0.2, 0.25) is 0 Å². The lowest BCUT2D eigenvalue weighted by Gasteiger charge is -2.12. The number of nitro groups is 1. The van der Waals surface area contributed by atoms with Gasteiger partial charge in [-0.3, -0.25) is 14.9 Å². The summed E-state index contributed by atoms with van der Waals surface area (Å²) in [4.78, 5) is 33.0. The van der Waals surface area contributed by atoms with Crippen LogP contribution >= 0.6 is 11.8 Å². The zero-order chi connectivity index (χ0) is 25.5. The predicted octanol–water partition coefficient (Wildman–Crippen LogP) is 3.50. The van der Waals surface area contributed by atoms with E-state index in [1.54, 1.807) is 22.6 Å². The van der Waals surface area contributed by atoms with Crippen LogP contribution in [0, 0.1) is 10.1 Å². The Morgan fingerprint density at radius 1 is 1.23 bits per heavy atom. The molecule has 0 aliphatic carbocycles. The molecule has 0 bridgehead atoms. The number of rotatable bonds is 12. The van der Waals surface area contributed by atoms with Gasteiger partial charge >= 0.3 is 0 Å². The number of nitro benzene ring substituents is 1. The molecule has 0 aliphatic heterocycles. The number of nitrogens with zero attached hydrogens (tertiary/aromatic N) is 5. The van der Waals surface area contributed by atoms with Crippen LogP contribution in [-0.2, 0) is 6.54 Å². The van der Waals surface area contributed by atoms with Crippen molar-refractivity contribution < 1.29 is 19.2 Å². The van der Waals surface area contributed by atoms with E-state index in [2.05, 4.69) is 32.6 Å². The van der Waals surface area contributed by atoms with Crippen molar-refractivity contribution in [3.8, 4) is 11.5 Å². The van der Waals surface area contributed by atoms with Crippen LogP contribution in [0.4, 0.5) is 11.5 Å². The minimum atomic E-state index is -0.631. The lowest BCUT2D eigenvalue weighted by Crippen LogP contribution is -2.28. The zero-order valence-electron chi connectivity index (χ0n) is 20.3. The summed E-state index contributed by atoms with van der Waals surface area (Å²) in [5.74, 6) is 1.38. The lowest BCUT2D eigenvalue weighted by atomic mass is 10.1. The molecule has 35 heavy (non-hydrogen) atoms. The van der Waals surface area contributed by atoms with E-state index in [1.165, 1.54) is 26.4 Å². The first-order chi connectivity index (χ1) is 16.8. The Bertz CT molecular complexity index is 1210. The molecule has 3 rings (SSSR count). The Hall–Kier alpha value is -3.61. The second-order valence-electron chi connectivity index (χ2n) is 7.84. The standard InChI is InChI=1S/C22H29N7O5S/c1-6-9-35-22-26-19(25-13(2)3)15-12-24-28(20(15)27-22)8-7-23-21(30)14-10-17(33-4)18(34-5)11-16(14)29(31)32/h10-13H,6-9H2,1-5H3,(H,23,30)(H,25,26,27). The van der Waals surface area contributed by atoms with Gasteiger partial charge in [-0.2, -0.15) is 5.10 Å². The van der Waals surface area contributed by atoms with E-state index in [0.717, 1.165) is 17.6 Å². The van der Waals surface area contributed by atoms with Crippen LogP contribution in [0.3, 0.4) is 0 Å². The number of benzene rings is 1. The van der Waals surface area contributed by atoms with Gasteiger partial charge < -0.3 is 20.1 Å². The van der Waals surface area contributed by atoms with Gasteiger partial charge in [-0.15, -0.1) is 0 Å². The van der Waals surface area contributed by atoms with Crippen molar-refractivity contribution in [1.82, 2.24) is 25.1 Å². The molecule has 0 spiro atoms. The normalized spacial score (nSPS) is 11.0. The Labute approximate surface area is 206 Å². The number of hydrogen-bond donors (Lipinski definition) is 2. The summed E-state index contributed by atoms with van der Waals surface area (Å²) < 4.78 is 12.0. The topological polar surface area (TPSA) is 146 Å². The third-order valence-electron chi connectivity index (χ3n) is 4.89. The van der Waals surface area contributed by atoms with Gasteiger partial charge in [0.25, 0.3) is 11.6 Å². The van der Waals surface area contributed by atoms with Crippen molar-refractivity contribution in [3.63, 3.8) is 0 Å². The first-order valence-electron chi connectivity index (χ1n) is 11.1. The number of amides is 1. The molecule has 0 unspecified atom stereocenters. The van der Waals surface area contributed by atoms with Gasteiger partial charge in [0, 0.05) is 24.4 Å². The van der Waals surface area contributed by atoms with Gasteiger partial charge in [0.15, 0.2) is 22.3 Å². The van der Waals surface area contributed by atoms with Crippen molar-refractivity contribution in [3.05, 3.63) is 34.0 Å². The summed E-state index contributed by atoms with van der Waals surface area (Å²) in [5, 5.41) is 23.4. The molecule has 0 radical (unpaired) electrons. The van der Waals surface area contributed by atoms with E-state index in [4.69, 9.17) is 9.47 Å². The van der Waals surface area contributed by atoms with Crippen LogP contribution in [0.1, 0.15) is 37.6 Å². The molecule has 1 aromatic carbocycles. The molecular weight excluding hydrogens is 474 g/mol. The summed E-state index contributed by atoms with van der Waals surface area (Å²) in [6, 6.07) is 2.64. The number of aromatic nitrogens is 4. The van der Waals surface area contributed by atoms with Crippen LogP contribution in [-0.4, -0.2) is 63.1 Å². The highest BCUT2D eigenvalue weighted by atomic mass is 32.2. The Morgan fingerprint density at radius 3 is 2.57 bits per heavy atom. The maximum Gasteiger partial charge on any atom is 0.286 e. The molecule has 13 heteroatoms. The number of carbonyl (C=O) groups is 1. The van der Waals surface area contributed by atoms with E-state index >= 15 is 0 Å². The third-order valence-corrected chi connectivity index (χ3v) is 5.94. The number of hydrogen-bond acceptors (Lipinski definition) is 10. The summed E-state index contributed by atoms with van der Waals surface area (Å²) in [6.45, 7) is 6.64. The summed E-state index contributed by atoms with van der Waals surface area (Å²) in [6.07, 6.45) is 2.68. The molecule has 2 aromatic heterocycles. The number of nitrogens with one attached hydrogen (secondary N) is 2. The largest absolute Gasteiger partial charge is 0.493 e. The number of carbonyl (C=O) groups excluding carboxylic acids is 1. The smallest absolute Gasteiger partial charge is 0.286 e. The Kier molecular flexibility index (Phi) is 8.68. The molecule has 0 atom stereocenters. The van der Waals surface area contributed by atoms with Crippen molar-refractivity contribution in [1.29, 1.82) is 0 Å². The molecule has 0 fully saturated rings. The molecular formula is C22H29N7O5S. The van der Waals surface area contributed by atoms with E-state index in [-0.39, 0.29) is 35.3 Å². The van der Waals surface area contributed by atoms with Crippen LogP contribution in [0.2, 0.25) is 0 Å². The van der Waals surface area contributed by atoms with E-state index < -0.39 is 10.8 Å². The predicted molar refractivity (Wildman–Crippen MR) is 134 cm³/mol. The van der Waals surface area contributed by atoms with Crippen LogP contribution in [0.25, 0.3) is 11.0 Å². The molecule has 0 aliphatic rings. The molecule has 2 heterocycles. The Morgan fingerprint density at radius 2 is 1.94 bits per heavy atom. The first-order valence-corrected chi connectivity index (χ1v) is 12.1. The number of ether oxygens (including phenoxy) is 2. The average molecular weight is 504 g/mol. The van der Waals surface area contributed by atoms with Gasteiger partial charge in [-0.05, 0) is 20.3 Å². The minimum absolute atomic E-state index is 0.123. The van der Waals surface area contributed by atoms with Gasteiger partial charge in [0.1, 0.15) is 11.4 Å². The van der Waals surface area contributed by atoms with Gasteiger partial charge in [-0.1, -0.05) is 18.7 Å². The third kappa shape index (κ3) is 6.10. The highest BCUT2D eigenvalue weighted by molar-refractivity contribution is 7.99. The lowest BCUT2D eigenvalue weighted by molar-refractivity contribution is -0.385. The summed E-state index contributed by atoms with van der Waals surface area (Å²) in [5.41, 5.74) is 0.148.